The van der Waals surface area contributed by atoms with Crippen molar-refractivity contribution in [1.29, 1.82) is 0 Å². The smallest absolute Gasteiger partial charge is 0.253 e. The number of hydrogen-bond acceptors (Lipinski definition) is 26. The van der Waals surface area contributed by atoms with Gasteiger partial charge in [0.2, 0.25) is 23.6 Å². The summed E-state index contributed by atoms with van der Waals surface area (Å²) in [5.41, 5.74) is 39.5. The molecule has 35 nitrogen and oxygen atoms in total. The van der Waals surface area contributed by atoms with Gasteiger partial charge in [0.1, 0.15) is 92.4 Å². The zero-order valence-electron chi connectivity index (χ0n) is 77.6. The highest BCUT2D eigenvalue weighted by Gasteiger charge is 2.42. The minimum absolute atomic E-state index is 0.0135. The molecule has 9 amide bonds. The molecule has 0 bridgehead atoms. The van der Waals surface area contributed by atoms with Gasteiger partial charge >= 0.3 is 0 Å². The summed E-state index contributed by atoms with van der Waals surface area (Å²) in [5, 5.41) is 17.5. The molecule has 5 aromatic carbocycles. The normalized spacial score (nSPS) is 15.0. The standard InChI is InChI=1S/2C22H20FN5O2.C21H20FN5O3.C21H20FN5O2.C18H15FN4O2/c2*23-14-3-1-2-13(8-14)18-7-6-16-17(9-25-20(24)19(16)27-18)21(29)26-15-10-28(11-15)22(30)12-4-5-12;1-30-11-18(28)27-9-14(10-27)25-21(29)16-8-24-20(23)19-15(16)5-6-17(26-19)12-3-2-4-13(22)7-12;1-2-18(28)27-10-14(11-27)25-21(29)16-9-24-20(23)19-15(16)6-7-17(26-19)12-4-3-5-13(22)8-12;19-11-3-1-2-10(6-11)15-5-4-13-14(7-21-17(20)16(13)23-15)18(24)22-12-8-25-9-12/h2*1-3,6-9,12,15H,4-5,10-11H2,(H2,24,25)(H,26,29);2-8,14H,9-11H2,1H3,(H2,23,24)(H,25,29);3-9,14H,2,10-11H2,1H3,(H2,23,24)(H,25,29);1-7,12H,8-9H2,(H2,20,21)(H,22,24). The molecule has 15 aromatic rings. The molecule has 15 N–H and O–H groups in total. The molecule has 15 heterocycles. The molecule has 0 radical (unpaired) electrons. The zero-order chi connectivity index (χ0) is 101. The van der Waals surface area contributed by atoms with E-state index in [-0.39, 0.29) is 160 Å². The maximum atomic E-state index is 13.6. The largest absolute Gasteiger partial charge is 0.382 e. The fraction of sp³-hybridized carbons (Fsp3) is 0.240. The number of nitrogens with zero attached hydrogens (tertiary/aromatic N) is 14. The van der Waals surface area contributed by atoms with Crippen molar-refractivity contribution in [3.63, 3.8) is 0 Å². The van der Waals surface area contributed by atoms with Crippen LogP contribution in [0.15, 0.2) is 213 Å². The van der Waals surface area contributed by atoms with E-state index >= 15 is 0 Å². The van der Waals surface area contributed by atoms with Gasteiger partial charge in [-0.3, -0.25) is 43.2 Å². The van der Waals surface area contributed by atoms with E-state index in [0.29, 0.717) is 211 Å². The summed E-state index contributed by atoms with van der Waals surface area (Å²) < 4.78 is 77.5. The number of aromatic nitrogens is 10. The van der Waals surface area contributed by atoms with Gasteiger partial charge in [-0.15, -0.1) is 0 Å². The van der Waals surface area contributed by atoms with Crippen LogP contribution in [-0.4, -0.2) is 232 Å². The number of likely N-dealkylation sites (tertiary alicyclic amines) is 4. The molecule has 40 heteroatoms. The molecule has 7 aliphatic rings. The Balaban J connectivity index is 0.000000119. The first-order valence-corrected chi connectivity index (χ1v) is 46.3. The van der Waals surface area contributed by atoms with Crippen molar-refractivity contribution in [2.24, 2.45) is 11.8 Å². The van der Waals surface area contributed by atoms with Gasteiger partial charge in [-0.05, 0) is 147 Å². The Morgan fingerprint density at radius 2 is 0.556 bits per heavy atom. The average Bonchev–Trinajstić information content (AvgIpc) is 1.06. The van der Waals surface area contributed by atoms with Crippen LogP contribution in [0.1, 0.15) is 90.8 Å². The zero-order valence-corrected chi connectivity index (χ0v) is 77.6. The number of benzene rings is 5. The van der Waals surface area contributed by atoms with E-state index in [9.17, 15) is 65.1 Å². The number of rotatable bonds is 20. The topological polar surface area (TPSA) is 504 Å². The number of carbonyl (C=O) groups excluding carboxylic acids is 9. The number of hydrogen-bond donors (Lipinski definition) is 10. The summed E-state index contributed by atoms with van der Waals surface area (Å²) in [6, 6.07) is 47.5. The van der Waals surface area contributed by atoms with E-state index in [1.54, 1.807) is 141 Å². The maximum absolute atomic E-state index is 13.6. The summed E-state index contributed by atoms with van der Waals surface area (Å²) >= 11 is 0. The lowest BCUT2D eigenvalue weighted by atomic mass is 10.0. The van der Waals surface area contributed by atoms with Crippen LogP contribution in [0.2, 0.25) is 0 Å². The lowest BCUT2D eigenvalue weighted by molar-refractivity contribution is -0.140. The molecule has 22 rings (SSSR count). The van der Waals surface area contributed by atoms with Gasteiger partial charge in [-0.2, -0.15) is 0 Å². The van der Waals surface area contributed by atoms with Crippen LogP contribution in [0.5, 0.6) is 0 Å². The molecule has 0 unspecified atom stereocenters. The summed E-state index contributed by atoms with van der Waals surface area (Å²) in [5.74, 6) is -1.52. The van der Waals surface area contributed by atoms with Crippen LogP contribution >= 0.6 is 0 Å². The number of nitrogens with two attached hydrogens (primary N) is 5. The molecule has 2 aliphatic carbocycles. The Hall–Kier alpha value is -17.3. The van der Waals surface area contributed by atoms with Crippen molar-refractivity contribution in [2.75, 3.05) is 108 Å². The van der Waals surface area contributed by atoms with E-state index in [1.807, 2.05) is 6.92 Å². The number of nitrogen functional groups attached to an aromatic ring is 5. The number of amides is 9. The van der Waals surface area contributed by atoms with Crippen molar-refractivity contribution in [2.45, 2.75) is 69.2 Å². The number of pyridine rings is 10. The Labute approximate surface area is 818 Å². The van der Waals surface area contributed by atoms with Gasteiger partial charge in [0.15, 0.2) is 0 Å². The second kappa shape index (κ2) is 42.0. The SMILES string of the molecule is CCC(=O)N1CC(NC(=O)c2cnc(N)c3nc(-c4cccc(F)c4)ccc23)C1.COCC(=O)N1CC(NC(=O)c2cnc(N)c3nc(-c4cccc(F)c4)ccc23)C1.Nc1ncc(C(=O)NC2CN(C(=O)C3CC3)C2)c2ccc(-c3cccc(F)c3)nc12.Nc1ncc(C(=O)NC2CN(C(=O)C3CC3)C2)c2ccc(-c3cccc(F)c3)nc12.Nc1ncc(C(=O)NC2COC2)c2ccc(-c3cccc(F)c3)nc12. The maximum Gasteiger partial charge on any atom is 0.253 e. The van der Waals surface area contributed by atoms with Crippen LogP contribution in [0, 0.1) is 40.9 Å². The van der Waals surface area contributed by atoms with Crippen LogP contribution in [0.3, 0.4) is 0 Å². The van der Waals surface area contributed by atoms with Gasteiger partial charge in [-0.1, -0.05) is 67.6 Å². The van der Waals surface area contributed by atoms with E-state index in [2.05, 4.69) is 76.4 Å². The van der Waals surface area contributed by atoms with Gasteiger partial charge in [0.05, 0.1) is 99.7 Å². The van der Waals surface area contributed by atoms with Crippen LogP contribution in [-0.2, 0) is 28.7 Å². The Bertz CT molecular complexity index is 7420. The Morgan fingerprint density at radius 1 is 0.326 bits per heavy atom. The monoisotopic (exact) mass is 1950 g/mol. The van der Waals surface area contributed by atoms with Crippen molar-refractivity contribution in [3.05, 3.63) is 270 Å². The fourth-order valence-corrected chi connectivity index (χ4v) is 16.9. The molecule has 5 saturated heterocycles. The van der Waals surface area contributed by atoms with Crippen molar-refractivity contribution >= 4 is 137 Å². The van der Waals surface area contributed by atoms with E-state index in [4.69, 9.17) is 38.1 Å². The lowest BCUT2D eigenvalue weighted by Gasteiger charge is -2.39. The highest BCUT2D eigenvalue weighted by molar-refractivity contribution is 6.13. The number of ether oxygens (including phenoxy) is 2. The molecular weight excluding hydrogens is 1860 g/mol. The predicted octanol–water partition coefficient (Wildman–Crippen LogP) is 10.9. The Morgan fingerprint density at radius 3 is 0.764 bits per heavy atom. The second-order valence-corrected chi connectivity index (χ2v) is 35.6. The first-order valence-electron chi connectivity index (χ1n) is 46.3. The number of anilines is 5. The molecule has 732 valence electrons. The highest BCUT2D eigenvalue weighted by atomic mass is 19.1. The molecule has 144 heavy (non-hydrogen) atoms. The van der Waals surface area contributed by atoms with Crippen LogP contribution in [0.4, 0.5) is 51.0 Å². The highest BCUT2D eigenvalue weighted by Crippen LogP contribution is 2.37. The Kier molecular flexibility index (Phi) is 28.3. The molecule has 0 atom stereocenters. The second-order valence-electron chi connectivity index (χ2n) is 35.6. The van der Waals surface area contributed by atoms with Crippen LogP contribution in [0.25, 0.3) is 111 Å². The first-order chi connectivity index (χ1) is 69.5. The summed E-state index contributed by atoms with van der Waals surface area (Å²) in [4.78, 5) is 161. The number of nitrogens with one attached hydrogen (secondary N) is 5. The quantitative estimate of drug-likeness (QED) is 0.0317. The van der Waals surface area contributed by atoms with E-state index in [0.717, 1.165) is 25.7 Å². The third kappa shape index (κ3) is 21.8. The van der Waals surface area contributed by atoms with Crippen molar-refractivity contribution in [3.8, 4) is 56.3 Å². The number of carbonyl (C=O) groups is 9. The molecule has 10 aromatic heterocycles. The predicted molar refractivity (Wildman–Crippen MR) is 528 cm³/mol. The third-order valence-corrected chi connectivity index (χ3v) is 25.2. The van der Waals surface area contributed by atoms with Gasteiger partial charge in [-0.25, -0.2) is 71.8 Å². The van der Waals surface area contributed by atoms with Crippen molar-refractivity contribution in [1.82, 2.24) is 96.0 Å². The summed E-state index contributed by atoms with van der Waals surface area (Å²) in [6.07, 6.45) is 11.5. The van der Waals surface area contributed by atoms with Crippen molar-refractivity contribution < 1.29 is 74.6 Å². The summed E-state index contributed by atoms with van der Waals surface area (Å²) in [7, 11) is 1.46. The molecule has 2 saturated carbocycles. The molecule has 7 fully saturated rings. The third-order valence-electron chi connectivity index (χ3n) is 25.2. The van der Waals surface area contributed by atoms with Crippen LogP contribution < -0.4 is 55.3 Å². The molecular formula is C104H95F5N24O11. The first kappa shape index (κ1) is 96.9. The minimum atomic E-state index is -0.368. The number of methoxy groups -OCH3 is 1. The molecule has 5 aliphatic heterocycles. The number of fused-ring (bicyclic) bond motifs is 5. The molecule has 0 spiro atoms. The lowest BCUT2D eigenvalue weighted by Crippen LogP contribution is -2.61. The fourth-order valence-electron chi connectivity index (χ4n) is 16.9. The number of halogens is 5. The minimum Gasteiger partial charge on any atom is -0.382 e. The van der Waals surface area contributed by atoms with E-state index < -0.39 is 0 Å². The van der Waals surface area contributed by atoms with Gasteiger partial charge in [0.25, 0.3) is 29.5 Å². The van der Waals surface area contributed by atoms with Gasteiger partial charge in [0, 0.05) is 163 Å². The summed E-state index contributed by atoms with van der Waals surface area (Å²) in [6.45, 7) is 6.83. The van der Waals surface area contributed by atoms with E-state index in [1.165, 1.54) is 98.8 Å². The average molecular weight is 1950 g/mol. The van der Waals surface area contributed by atoms with Gasteiger partial charge < -0.3 is 84.3 Å².